The highest BCUT2D eigenvalue weighted by atomic mass is 15.5. The Balaban J connectivity index is 2.64. The fraction of sp³-hybridized carbons (Fsp3) is 0.333. The van der Waals surface area contributed by atoms with Gasteiger partial charge in [-0.25, -0.2) is 5.84 Å². The predicted octanol–water partition coefficient (Wildman–Crippen LogP) is -0.355. The Hall–Kier alpha value is -1.16. The average Bonchev–Trinajstić information content (AvgIpc) is 1.88. The molecular weight excluding hydrogens is 128 g/mol. The monoisotopic (exact) mass is 140 g/mol. The molecule has 1 rings (SSSR count). The molecule has 0 amide bonds. The quantitative estimate of drug-likeness (QED) is 0.344. The number of nitrogens with two attached hydrogens (primary N) is 1. The van der Waals surface area contributed by atoms with Crippen molar-refractivity contribution in [2.24, 2.45) is 5.84 Å². The SMILES string of the molecule is CC1=CC=C(N(C)N)NN1. The van der Waals surface area contributed by atoms with Crippen molar-refractivity contribution in [2.75, 3.05) is 7.05 Å². The van der Waals surface area contributed by atoms with E-state index in [-0.39, 0.29) is 0 Å². The van der Waals surface area contributed by atoms with E-state index in [4.69, 9.17) is 5.84 Å². The summed E-state index contributed by atoms with van der Waals surface area (Å²) >= 11 is 0. The van der Waals surface area contributed by atoms with Gasteiger partial charge in [0.2, 0.25) is 0 Å². The van der Waals surface area contributed by atoms with Crippen LogP contribution in [0.15, 0.2) is 23.7 Å². The van der Waals surface area contributed by atoms with Gasteiger partial charge in [0.15, 0.2) is 0 Å². The van der Waals surface area contributed by atoms with Crippen LogP contribution in [0.3, 0.4) is 0 Å². The molecule has 0 spiro atoms. The third-order valence-corrected chi connectivity index (χ3v) is 1.26. The number of hydrogen-bond acceptors (Lipinski definition) is 4. The maximum absolute atomic E-state index is 5.45. The van der Waals surface area contributed by atoms with Gasteiger partial charge in [-0.15, -0.1) is 0 Å². The summed E-state index contributed by atoms with van der Waals surface area (Å²) in [4.78, 5) is 0. The summed E-state index contributed by atoms with van der Waals surface area (Å²) in [5.41, 5.74) is 6.92. The van der Waals surface area contributed by atoms with Gasteiger partial charge in [0, 0.05) is 12.7 Å². The largest absolute Gasteiger partial charge is 0.304 e. The van der Waals surface area contributed by atoms with Gasteiger partial charge in [-0.1, -0.05) is 0 Å². The van der Waals surface area contributed by atoms with E-state index in [0.717, 1.165) is 11.5 Å². The predicted molar refractivity (Wildman–Crippen MR) is 40.1 cm³/mol. The highest BCUT2D eigenvalue weighted by Crippen LogP contribution is 1.98. The van der Waals surface area contributed by atoms with Gasteiger partial charge in [0.1, 0.15) is 5.82 Å². The first-order chi connectivity index (χ1) is 4.70. The topological polar surface area (TPSA) is 53.3 Å². The summed E-state index contributed by atoms with van der Waals surface area (Å²) in [7, 11) is 1.77. The molecule has 0 fully saturated rings. The Labute approximate surface area is 60.3 Å². The molecule has 10 heavy (non-hydrogen) atoms. The van der Waals surface area contributed by atoms with Gasteiger partial charge in [-0.3, -0.25) is 10.4 Å². The smallest absolute Gasteiger partial charge is 0.134 e. The lowest BCUT2D eigenvalue weighted by molar-refractivity contribution is 0.383. The lowest BCUT2D eigenvalue weighted by Gasteiger charge is -2.22. The minimum Gasteiger partial charge on any atom is -0.304 e. The highest BCUT2D eigenvalue weighted by molar-refractivity contribution is 5.17. The molecule has 0 saturated heterocycles. The van der Waals surface area contributed by atoms with Crippen molar-refractivity contribution in [2.45, 2.75) is 6.92 Å². The minimum atomic E-state index is 0.852. The van der Waals surface area contributed by atoms with Crippen LogP contribution in [0.2, 0.25) is 0 Å². The fourth-order valence-electron chi connectivity index (χ4n) is 0.656. The van der Waals surface area contributed by atoms with Gasteiger partial charge >= 0.3 is 0 Å². The lowest BCUT2D eigenvalue weighted by atomic mass is 10.4. The third kappa shape index (κ3) is 1.41. The molecule has 1 heterocycles. The first kappa shape index (κ1) is 6.95. The summed E-state index contributed by atoms with van der Waals surface area (Å²) in [5, 5.41) is 1.51. The van der Waals surface area contributed by atoms with E-state index >= 15 is 0 Å². The molecule has 0 radical (unpaired) electrons. The molecule has 0 aromatic heterocycles. The molecule has 0 saturated carbocycles. The number of rotatable bonds is 1. The van der Waals surface area contributed by atoms with Gasteiger partial charge in [-0.05, 0) is 19.1 Å². The summed E-state index contributed by atoms with van der Waals surface area (Å²) in [6, 6.07) is 0. The lowest BCUT2D eigenvalue weighted by Crippen LogP contribution is -2.41. The van der Waals surface area contributed by atoms with E-state index in [0.29, 0.717) is 0 Å². The van der Waals surface area contributed by atoms with Crippen LogP contribution in [-0.2, 0) is 0 Å². The Kier molecular flexibility index (Phi) is 1.82. The third-order valence-electron chi connectivity index (χ3n) is 1.26. The number of hydrogen-bond donors (Lipinski definition) is 3. The van der Waals surface area contributed by atoms with E-state index < -0.39 is 0 Å². The van der Waals surface area contributed by atoms with Crippen molar-refractivity contribution < 1.29 is 0 Å². The van der Waals surface area contributed by atoms with Crippen LogP contribution in [0.4, 0.5) is 0 Å². The molecule has 4 nitrogen and oxygen atoms in total. The molecule has 56 valence electrons. The van der Waals surface area contributed by atoms with E-state index in [2.05, 4.69) is 10.9 Å². The second kappa shape index (κ2) is 2.62. The Morgan fingerprint density at radius 1 is 1.40 bits per heavy atom. The first-order valence-corrected chi connectivity index (χ1v) is 3.09. The summed E-state index contributed by atoms with van der Waals surface area (Å²) in [6.07, 6.45) is 3.86. The van der Waals surface area contributed by atoms with Gasteiger partial charge < -0.3 is 5.43 Å². The molecule has 0 aromatic carbocycles. The molecule has 0 unspecified atom stereocenters. The summed E-state index contributed by atoms with van der Waals surface area (Å²) in [5.74, 6) is 6.30. The van der Waals surface area contributed by atoms with Crippen LogP contribution in [0.25, 0.3) is 0 Å². The molecule has 0 aromatic rings. The van der Waals surface area contributed by atoms with Crippen LogP contribution in [-0.4, -0.2) is 12.1 Å². The number of hydrazine groups is 2. The molecule has 1 aliphatic rings. The maximum atomic E-state index is 5.45. The zero-order valence-electron chi connectivity index (χ0n) is 6.18. The normalized spacial score (nSPS) is 16.3. The van der Waals surface area contributed by atoms with E-state index in [1.807, 2.05) is 19.1 Å². The Bertz CT molecular complexity index is 180. The molecule has 0 aliphatic carbocycles. The molecule has 4 heteroatoms. The van der Waals surface area contributed by atoms with Crippen molar-refractivity contribution in [3.05, 3.63) is 23.7 Å². The zero-order valence-corrected chi connectivity index (χ0v) is 6.18. The number of allylic oxidation sites excluding steroid dienone is 3. The van der Waals surface area contributed by atoms with Crippen LogP contribution in [0.1, 0.15) is 6.92 Å². The zero-order chi connectivity index (χ0) is 7.56. The summed E-state index contributed by atoms with van der Waals surface area (Å²) in [6.45, 7) is 1.97. The van der Waals surface area contributed by atoms with Crippen molar-refractivity contribution in [1.29, 1.82) is 0 Å². The molecule has 1 aliphatic heterocycles. The maximum Gasteiger partial charge on any atom is 0.134 e. The van der Waals surface area contributed by atoms with Gasteiger partial charge in [-0.2, -0.15) is 0 Å². The molecule has 0 bridgehead atoms. The van der Waals surface area contributed by atoms with Gasteiger partial charge in [0.25, 0.3) is 0 Å². The van der Waals surface area contributed by atoms with Crippen molar-refractivity contribution >= 4 is 0 Å². The Morgan fingerprint density at radius 3 is 2.50 bits per heavy atom. The summed E-state index contributed by atoms with van der Waals surface area (Å²) < 4.78 is 0. The Morgan fingerprint density at radius 2 is 2.10 bits per heavy atom. The molecular formula is C6H12N4. The van der Waals surface area contributed by atoms with Crippen molar-refractivity contribution in [1.82, 2.24) is 15.9 Å². The molecule has 4 N–H and O–H groups in total. The van der Waals surface area contributed by atoms with Crippen LogP contribution in [0, 0.1) is 0 Å². The second-order valence-corrected chi connectivity index (χ2v) is 2.26. The van der Waals surface area contributed by atoms with E-state index in [1.54, 1.807) is 7.05 Å². The van der Waals surface area contributed by atoms with Crippen molar-refractivity contribution in [3.63, 3.8) is 0 Å². The number of nitrogens with one attached hydrogen (secondary N) is 2. The standard InChI is InChI=1S/C6H12N4/c1-5-3-4-6(9-8-5)10(2)7/h3-4,8-9H,7H2,1-2H3. The number of nitrogens with zero attached hydrogens (tertiary/aromatic N) is 1. The minimum absolute atomic E-state index is 0.852. The average molecular weight is 140 g/mol. The van der Waals surface area contributed by atoms with Crippen molar-refractivity contribution in [3.8, 4) is 0 Å². The highest BCUT2D eigenvalue weighted by Gasteiger charge is 2.00. The van der Waals surface area contributed by atoms with Crippen LogP contribution >= 0.6 is 0 Å². The van der Waals surface area contributed by atoms with Gasteiger partial charge in [0.05, 0.1) is 0 Å². The van der Waals surface area contributed by atoms with Crippen LogP contribution < -0.4 is 16.7 Å². The first-order valence-electron chi connectivity index (χ1n) is 3.09. The molecule has 0 atom stereocenters. The van der Waals surface area contributed by atoms with E-state index in [9.17, 15) is 0 Å². The second-order valence-electron chi connectivity index (χ2n) is 2.26. The van der Waals surface area contributed by atoms with E-state index in [1.165, 1.54) is 5.01 Å². The fourth-order valence-corrected chi connectivity index (χ4v) is 0.656. The van der Waals surface area contributed by atoms with Crippen LogP contribution in [0.5, 0.6) is 0 Å².